The molecule has 19 heavy (non-hydrogen) atoms. The summed E-state index contributed by atoms with van der Waals surface area (Å²) in [6.07, 6.45) is 7.96. The topological polar surface area (TPSA) is 76.6 Å². The molecule has 6 nitrogen and oxygen atoms in total. The molecule has 2 aromatic rings. The Morgan fingerprint density at radius 3 is 3.11 bits per heavy atom. The minimum atomic E-state index is 0.0327. The quantitative estimate of drug-likeness (QED) is 0.765. The Labute approximate surface area is 109 Å². The second kappa shape index (κ2) is 3.87. The van der Waals surface area contributed by atoms with Gasteiger partial charge in [-0.05, 0) is 12.8 Å². The Hall–Kier alpha value is -2.26. The van der Waals surface area contributed by atoms with Crippen molar-refractivity contribution in [1.82, 2.24) is 19.7 Å². The summed E-state index contributed by atoms with van der Waals surface area (Å²) < 4.78 is 7.64. The Bertz CT molecular complexity index is 672. The zero-order chi connectivity index (χ0) is 12.8. The molecular formula is C13H11N5O. The van der Waals surface area contributed by atoms with Crippen LogP contribution in [0, 0.1) is 11.3 Å². The zero-order valence-electron chi connectivity index (χ0n) is 10.2. The molecule has 0 amide bonds. The van der Waals surface area contributed by atoms with Crippen LogP contribution in [-0.2, 0) is 11.2 Å². The van der Waals surface area contributed by atoms with Crippen LogP contribution < -0.4 is 0 Å². The first-order chi connectivity index (χ1) is 9.36. The van der Waals surface area contributed by atoms with E-state index in [1.165, 1.54) is 0 Å². The molecule has 2 bridgehead atoms. The van der Waals surface area contributed by atoms with E-state index in [9.17, 15) is 5.26 Å². The standard InChI is InChI=1S/C13H11N5O/c14-6-10-9-5-8-1-2-11(19-8)13(9)18(17-10)12-7-15-3-4-16-12/h3-4,7-8,11H,1-2,5H2. The van der Waals surface area contributed by atoms with Gasteiger partial charge in [0.2, 0.25) is 0 Å². The second-order valence-electron chi connectivity index (χ2n) is 4.83. The molecule has 0 radical (unpaired) electrons. The van der Waals surface area contributed by atoms with Crippen molar-refractivity contribution in [3.63, 3.8) is 0 Å². The molecule has 2 unspecified atom stereocenters. The third-order valence-electron chi connectivity index (χ3n) is 3.74. The molecule has 0 aliphatic carbocycles. The number of nitrogens with zero attached hydrogens (tertiary/aromatic N) is 5. The highest BCUT2D eigenvalue weighted by Gasteiger charge is 2.39. The smallest absolute Gasteiger partial charge is 0.172 e. The molecule has 4 rings (SSSR count). The van der Waals surface area contributed by atoms with Crippen molar-refractivity contribution in [3.05, 3.63) is 35.5 Å². The van der Waals surface area contributed by atoms with E-state index >= 15 is 0 Å². The number of hydrogen-bond acceptors (Lipinski definition) is 5. The molecular weight excluding hydrogens is 242 g/mol. The van der Waals surface area contributed by atoms with Crippen molar-refractivity contribution in [2.24, 2.45) is 0 Å². The molecule has 1 saturated heterocycles. The number of aromatic nitrogens is 4. The first-order valence-corrected chi connectivity index (χ1v) is 6.30. The predicted octanol–water partition coefficient (Wildman–Crippen LogP) is 1.31. The third kappa shape index (κ3) is 1.48. The van der Waals surface area contributed by atoms with Gasteiger partial charge in [-0.15, -0.1) is 0 Å². The molecule has 2 atom stereocenters. The van der Waals surface area contributed by atoms with Crippen molar-refractivity contribution in [2.75, 3.05) is 0 Å². The Kier molecular flexibility index (Phi) is 2.17. The lowest BCUT2D eigenvalue weighted by Crippen LogP contribution is -2.19. The van der Waals surface area contributed by atoms with Gasteiger partial charge in [0.15, 0.2) is 11.5 Å². The van der Waals surface area contributed by atoms with Gasteiger partial charge in [-0.25, -0.2) is 9.67 Å². The van der Waals surface area contributed by atoms with E-state index in [4.69, 9.17) is 4.74 Å². The van der Waals surface area contributed by atoms with E-state index in [2.05, 4.69) is 21.1 Å². The molecule has 2 aliphatic rings. The minimum Gasteiger partial charge on any atom is -0.368 e. The van der Waals surface area contributed by atoms with Gasteiger partial charge in [0.05, 0.1) is 18.0 Å². The largest absolute Gasteiger partial charge is 0.368 e. The van der Waals surface area contributed by atoms with Crippen LogP contribution >= 0.6 is 0 Å². The van der Waals surface area contributed by atoms with Gasteiger partial charge < -0.3 is 4.74 Å². The lowest BCUT2D eigenvalue weighted by Gasteiger charge is -2.21. The normalized spacial score (nSPS) is 23.9. The van der Waals surface area contributed by atoms with E-state index < -0.39 is 0 Å². The summed E-state index contributed by atoms with van der Waals surface area (Å²) in [7, 11) is 0. The summed E-state index contributed by atoms with van der Waals surface area (Å²) >= 11 is 0. The lowest BCUT2D eigenvalue weighted by atomic mass is 10.0. The maximum Gasteiger partial charge on any atom is 0.172 e. The van der Waals surface area contributed by atoms with Crippen LogP contribution in [-0.4, -0.2) is 25.9 Å². The third-order valence-corrected chi connectivity index (χ3v) is 3.74. The average molecular weight is 253 g/mol. The monoisotopic (exact) mass is 253 g/mol. The van der Waals surface area contributed by atoms with Crippen molar-refractivity contribution < 1.29 is 4.74 Å². The predicted molar refractivity (Wildman–Crippen MR) is 64.4 cm³/mol. The van der Waals surface area contributed by atoms with E-state index in [1.54, 1.807) is 23.3 Å². The first kappa shape index (κ1) is 10.6. The van der Waals surface area contributed by atoms with E-state index in [0.29, 0.717) is 11.5 Å². The molecule has 0 spiro atoms. The van der Waals surface area contributed by atoms with E-state index in [-0.39, 0.29) is 12.2 Å². The Morgan fingerprint density at radius 1 is 1.37 bits per heavy atom. The molecule has 94 valence electrons. The van der Waals surface area contributed by atoms with Crippen molar-refractivity contribution >= 4 is 0 Å². The summed E-state index contributed by atoms with van der Waals surface area (Å²) in [5, 5.41) is 13.6. The molecule has 0 aromatic carbocycles. The van der Waals surface area contributed by atoms with Crippen molar-refractivity contribution in [2.45, 2.75) is 31.5 Å². The maximum atomic E-state index is 9.24. The van der Waals surface area contributed by atoms with Crippen LogP contribution in [0.4, 0.5) is 0 Å². The van der Waals surface area contributed by atoms with Gasteiger partial charge in [-0.1, -0.05) is 0 Å². The Balaban J connectivity index is 1.94. The average Bonchev–Trinajstić information content (AvgIpc) is 3.02. The summed E-state index contributed by atoms with van der Waals surface area (Å²) in [6.45, 7) is 0. The molecule has 0 saturated carbocycles. The summed E-state index contributed by atoms with van der Waals surface area (Å²) in [5.74, 6) is 0.634. The lowest BCUT2D eigenvalue weighted by molar-refractivity contribution is 0.0285. The summed E-state index contributed by atoms with van der Waals surface area (Å²) in [5.41, 5.74) is 2.48. The van der Waals surface area contributed by atoms with Crippen LogP contribution in [0.3, 0.4) is 0 Å². The SMILES string of the molecule is N#Cc1nn(-c2cnccn2)c2c1CC1CCC2O1. The molecule has 6 heteroatoms. The maximum absolute atomic E-state index is 9.24. The van der Waals surface area contributed by atoms with Gasteiger partial charge in [-0.2, -0.15) is 10.4 Å². The fraction of sp³-hybridized carbons (Fsp3) is 0.385. The van der Waals surface area contributed by atoms with Crippen molar-refractivity contribution in [1.29, 1.82) is 5.26 Å². The van der Waals surface area contributed by atoms with Crippen LogP contribution in [0.25, 0.3) is 5.82 Å². The van der Waals surface area contributed by atoms with Crippen LogP contribution in [0.15, 0.2) is 18.6 Å². The first-order valence-electron chi connectivity index (χ1n) is 6.30. The number of ether oxygens (including phenoxy) is 1. The van der Waals surface area contributed by atoms with E-state index in [1.807, 2.05) is 0 Å². The summed E-state index contributed by atoms with van der Waals surface area (Å²) in [4.78, 5) is 8.32. The van der Waals surface area contributed by atoms with Crippen molar-refractivity contribution in [3.8, 4) is 11.9 Å². The van der Waals surface area contributed by atoms with Gasteiger partial charge in [0, 0.05) is 24.4 Å². The molecule has 2 aromatic heterocycles. The van der Waals surface area contributed by atoms with Gasteiger partial charge in [0.25, 0.3) is 0 Å². The van der Waals surface area contributed by atoms with Gasteiger partial charge in [-0.3, -0.25) is 4.98 Å². The highest BCUT2D eigenvalue weighted by Crippen LogP contribution is 2.42. The zero-order valence-corrected chi connectivity index (χ0v) is 10.2. The van der Waals surface area contributed by atoms with Crippen LogP contribution in [0.1, 0.15) is 35.9 Å². The highest BCUT2D eigenvalue weighted by atomic mass is 16.5. The minimum absolute atomic E-state index is 0.0327. The number of nitriles is 1. The number of hydrogen-bond donors (Lipinski definition) is 0. The molecule has 4 heterocycles. The Morgan fingerprint density at radius 2 is 2.32 bits per heavy atom. The fourth-order valence-electron chi connectivity index (χ4n) is 2.95. The molecule has 0 N–H and O–H groups in total. The van der Waals surface area contributed by atoms with Gasteiger partial charge >= 0.3 is 0 Å². The number of rotatable bonds is 1. The fourth-order valence-corrected chi connectivity index (χ4v) is 2.95. The molecule has 1 fully saturated rings. The molecule has 2 aliphatic heterocycles. The van der Waals surface area contributed by atoms with E-state index in [0.717, 1.165) is 30.5 Å². The van der Waals surface area contributed by atoms with Crippen LogP contribution in [0.5, 0.6) is 0 Å². The number of fused-ring (bicyclic) bond motifs is 4. The summed E-state index contributed by atoms with van der Waals surface area (Å²) in [6, 6.07) is 2.18. The van der Waals surface area contributed by atoms with Gasteiger partial charge in [0.1, 0.15) is 12.2 Å². The highest BCUT2D eigenvalue weighted by molar-refractivity contribution is 5.42. The van der Waals surface area contributed by atoms with Crippen LogP contribution in [0.2, 0.25) is 0 Å². The second-order valence-corrected chi connectivity index (χ2v) is 4.83.